The lowest BCUT2D eigenvalue weighted by molar-refractivity contribution is -0.425. The first-order valence-corrected chi connectivity index (χ1v) is 10.2. The molecule has 1 aromatic heterocycles. The number of rotatable bonds is 4. The van der Waals surface area contributed by atoms with E-state index in [1.54, 1.807) is 18.5 Å². The Kier molecular flexibility index (Phi) is 5.40. The summed E-state index contributed by atoms with van der Waals surface area (Å²) in [7, 11) is 0. The van der Waals surface area contributed by atoms with Crippen LogP contribution in [0.4, 0.5) is 10.6 Å². The van der Waals surface area contributed by atoms with Crippen LogP contribution in [0.3, 0.4) is 0 Å². The molecule has 0 radical (unpaired) electrons. The van der Waals surface area contributed by atoms with E-state index in [0.717, 1.165) is 60.1 Å². The maximum Gasteiger partial charge on any atom is 0.290 e. The van der Waals surface area contributed by atoms with Crippen LogP contribution in [0.15, 0.2) is 41.6 Å². The van der Waals surface area contributed by atoms with Gasteiger partial charge in [-0.25, -0.2) is 4.98 Å². The zero-order valence-corrected chi connectivity index (χ0v) is 16.2. The average Bonchev–Trinajstić information content (AvgIpc) is 3.01. The molecule has 2 aromatic rings. The van der Waals surface area contributed by atoms with E-state index in [1.807, 2.05) is 24.3 Å². The zero-order valence-electron chi connectivity index (χ0n) is 15.4. The third-order valence-corrected chi connectivity index (χ3v) is 5.77. The molecule has 5 N–H and O–H groups in total. The van der Waals surface area contributed by atoms with Gasteiger partial charge in [-0.2, -0.15) is 0 Å². The lowest BCUT2D eigenvalue weighted by atomic mass is 9.92. The van der Waals surface area contributed by atoms with Crippen LogP contribution in [0, 0.1) is 0 Å². The van der Waals surface area contributed by atoms with Crippen molar-refractivity contribution in [2.75, 3.05) is 5.32 Å². The normalized spacial score (nSPS) is 23.7. The molecular formula is C20H22N5O2S+. The van der Waals surface area contributed by atoms with Gasteiger partial charge in [0.2, 0.25) is 0 Å². The van der Waals surface area contributed by atoms with Crippen molar-refractivity contribution in [3.8, 4) is 11.3 Å². The summed E-state index contributed by atoms with van der Waals surface area (Å²) in [5.74, 6) is 0.411. The summed E-state index contributed by atoms with van der Waals surface area (Å²) in [6, 6.07) is 8.65. The highest BCUT2D eigenvalue weighted by atomic mass is 32.2. The highest BCUT2D eigenvalue weighted by molar-refractivity contribution is 8.18. The number of anilines is 1. The van der Waals surface area contributed by atoms with Gasteiger partial charge in [-0.15, -0.1) is 0 Å². The number of carbonyl (C=O) groups excluding carboxylic acids is 2. The summed E-state index contributed by atoms with van der Waals surface area (Å²) in [4.78, 5) is 32.5. The number of benzene rings is 1. The molecule has 1 aliphatic carbocycles. The van der Waals surface area contributed by atoms with Gasteiger partial charge in [0.05, 0.1) is 29.0 Å². The molecule has 2 fully saturated rings. The second-order valence-corrected chi connectivity index (χ2v) is 8.14. The van der Waals surface area contributed by atoms with Crippen molar-refractivity contribution in [1.29, 1.82) is 0 Å². The Bertz CT molecular complexity index is 938. The minimum atomic E-state index is -0.358. The number of hydrogen-bond donors (Lipinski definition) is 3. The standard InChI is InChI=1S/C20H21N5O2S/c21-14-4-6-15(7-5-14)23-18-11-22-10-16(24-18)13-3-1-2-12(8-13)9-17-19(26)25-20(27)28-17/h1-3,8-11,14-15H,4-7,21H2,(H,23,24)(H,25,26,27)/p+1/b17-9-. The van der Waals surface area contributed by atoms with Crippen molar-refractivity contribution >= 4 is 34.8 Å². The zero-order chi connectivity index (χ0) is 19.5. The Morgan fingerprint density at radius 3 is 2.75 bits per heavy atom. The second-order valence-electron chi connectivity index (χ2n) is 7.13. The molecule has 7 nitrogen and oxygen atoms in total. The number of nitrogens with one attached hydrogen (secondary N) is 2. The molecule has 4 rings (SSSR count). The molecule has 1 saturated carbocycles. The molecule has 2 amide bonds. The summed E-state index contributed by atoms with van der Waals surface area (Å²) in [5.41, 5.74) is 6.64. The Labute approximate surface area is 167 Å². The van der Waals surface area contributed by atoms with Gasteiger partial charge in [0.15, 0.2) is 0 Å². The summed E-state index contributed by atoms with van der Waals surface area (Å²) < 4.78 is 0. The summed E-state index contributed by atoms with van der Waals surface area (Å²) in [6.45, 7) is 0. The van der Waals surface area contributed by atoms with Gasteiger partial charge in [-0.3, -0.25) is 19.9 Å². The average molecular weight is 396 g/mol. The van der Waals surface area contributed by atoms with E-state index >= 15 is 0 Å². The molecule has 8 heteroatoms. The van der Waals surface area contributed by atoms with Crippen LogP contribution in [0.25, 0.3) is 17.3 Å². The van der Waals surface area contributed by atoms with Gasteiger partial charge in [-0.1, -0.05) is 18.2 Å². The van der Waals surface area contributed by atoms with E-state index in [9.17, 15) is 9.59 Å². The molecule has 0 bridgehead atoms. The Hall–Kier alpha value is -2.71. The van der Waals surface area contributed by atoms with Gasteiger partial charge in [0, 0.05) is 24.4 Å². The molecule has 0 unspecified atom stereocenters. The number of nitrogens with zero attached hydrogens (tertiary/aromatic N) is 2. The summed E-state index contributed by atoms with van der Waals surface area (Å²) >= 11 is 0.911. The number of carbonyl (C=O) groups is 2. The van der Waals surface area contributed by atoms with Gasteiger partial charge in [0.25, 0.3) is 11.1 Å². The first-order chi connectivity index (χ1) is 13.6. The predicted octanol–water partition coefficient (Wildman–Crippen LogP) is 2.43. The number of hydrogen-bond acceptors (Lipinski definition) is 6. The van der Waals surface area contributed by atoms with Crippen molar-refractivity contribution in [2.24, 2.45) is 0 Å². The van der Waals surface area contributed by atoms with Gasteiger partial charge >= 0.3 is 0 Å². The van der Waals surface area contributed by atoms with Crippen LogP contribution in [0.2, 0.25) is 0 Å². The monoisotopic (exact) mass is 396 g/mol. The Balaban J connectivity index is 1.52. The fraction of sp³-hybridized carbons (Fsp3) is 0.300. The second kappa shape index (κ2) is 8.12. The molecule has 28 heavy (non-hydrogen) atoms. The fourth-order valence-electron chi connectivity index (χ4n) is 3.45. The van der Waals surface area contributed by atoms with Gasteiger partial charge in [0.1, 0.15) is 5.82 Å². The first-order valence-electron chi connectivity index (χ1n) is 9.34. The SMILES string of the molecule is [NH3+]C1CCC(Nc2cncc(-c3cccc(/C=C4\SC(=O)NC4=O)c3)n2)CC1. The number of aromatic nitrogens is 2. The largest absolute Gasteiger partial charge is 0.366 e. The van der Waals surface area contributed by atoms with Crippen molar-refractivity contribution in [3.05, 3.63) is 47.1 Å². The highest BCUT2D eigenvalue weighted by Crippen LogP contribution is 2.27. The lowest BCUT2D eigenvalue weighted by Gasteiger charge is -2.25. The highest BCUT2D eigenvalue weighted by Gasteiger charge is 2.25. The predicted molar refractivity (Wildman–Crippen MR) is 109 cm³/mol. The Morgan fingerprint density at radius 2 is 2.00 bits per heavy atom. The molecule has 144 valence electrons. The van der Waals surface area contributed by atoms with Crippen molar-refractivity contribution < 1.29 is 15.3 Å². The lowest BCUT2D eigenvalue weighted by Crippen LogP contribution is -2.62. The van der Waals surface area contributed by atoms with Gasteiger partial charge in [-0.05, 0) is 42.3 Å². The van der Waals surface area contributed by atoms with E-state index in [-0.39, 0.29) is 11.1 Å². The smallest absolute Gasteiger partial charge is 0.290 e. The molecule has 1 aliphatic heterocycles. The van der Waals surface area contributed by atoms with E-state index in [0.29, 0.717) is 17.0 Å². The van der Waals surface area contributed by atoms with Crippen LogP contribution in [-0.2, 0) is 4.79 Å². The maximum absolute atomic E-state index is 11.7. The minimum Gasteiger partial charge on any atom is -0.366 e. The molecular weight excluding hydrogens is 374 g/mol. The van der Waals surface area contributed by atoms with E-state index in [1.165, 1.54) is 0 Å². The van der Waals surface area contributed by atoms with Crippen LogP contribution in [-0.4, -0.2) is 33.2 Å². The van der Waals surface area contributed by atoms with Crippen molar-refractivity contribution in [3.63, 3.8) is 0 Å². The van der Waals surface area contributed by atoms with Crippen LogP contribution in [0.5, 0.6) is 0 Å². The molecule has 0 atom stereocenters. The number of quaternary nitrogens is 1. The molecule has 0 spiro atoms. The number of imide groups is 1. The third-order valence-electron chi connectivity index (χ3n) is 4.96. The molecule has 1 aromatic carbocycles. The summed E-state index contributed by atoms with van der Waals surface area (Å²) in [6.07, 6.45) is 9.65. The third kappa shape index (κ3) is 4.40. The van der Waals surface area contributed by atoms with E-state index < -0.39 is 0 Å². The molecule has 2 heterocycles. The number of amides is 2. The van der Waals surface area contributed by atoms with E-state index in [2.05, 4.69) is 21.4 Å². The number of thioether (sulfide) groups is 1. The quantitative estimate of drug-likeness (QED) is 0.685. The Morgan fingerprint density at radius 1 is 1.18 bits per heavy atom. The van der Waals surface area contributed by atoms with Crippen LogP contribution in [0.1, 0.15) is 31.2 Å². The maximum atomic E-state index is 11.7. The van der Waals surface area contributed by atoms with Crippen molar-refractivity contribution in [2.45, 2.75) is 37.8 Å². The first kappa shape index (κ1) is 18.6. The van der Waals surface area contributed by atoms with Crippen molar-refractivity contribution in [1.82, 2.24) is 15.3 Å². The van der Waals surface area contributed by atoms with Crippen LogP contribution < -0.4 is 16.4 Å². The molecule has 1 saturated heterocycles. The van der Waals surface area contributed by atoms with Crippen LogP contribution >= 0.6 is 11.8 Å². The van der Waals surface area contributed by atoms with E-state index in [4.69, 9.17) is 4.98 Å². The topological polar surface area (TPSA) is 112 Å². The fourth-order valence-corrected chi connectivity index (χ4v) is 4.13. The van der Waals surface area contributed by atoms with Gasteiger partial charge < -0.3 is 11.1 Å². The minimum absolute atomic E-state index is 0.343. The molecule has 2 aliphatic rings. The summed E-state index contributed by atoms with van der Waals surface area (Å²) in [5, 5.41) is 5.41.